The molecule has 3 amide bonds. The summed E-state index contributed by atoms with van der Waals surface area (Å²) in [5, 5.41) is 16.3. The van der Waals surface area contributed by atoms with Crippen molar-refractivity contribution in [3.05, 3.63) is 52.7 Å². The first-order valence-corrected chi connectivity index (χ1v) is 25.3. The van der Waals surface area contributed by atoms with Crippen LogP contribution >= 0.6 is 23.1 Å². The van der Waals surface area contributed by atoms with Crippen LogP contribution in [0.3, 0.4) is 0 Å². The van der Waals surface area contributed by atoms with Crippen molar-refractivity contribution in [1.82, 2.24) is 20.5 Å². The summed E-state index contributed by atoms with van der Waals surface area (Å²) in [6.07, 6.45) is 6.81. The molecule has 0 radical (unpaired) electrons. The van der Waals surface area contributed by atoms with E-state index in [-0.39, 0.29) is 84.3 Å². The number of nitrogens with zero attached hydrogens (tertiary/aromatic N) is 2. The van der Waals surface area contributed by atoms with E-state index < -0.39 is 46.9 Å². The summed E-state index contributed by atoms with van der Waals surface area (Å²) in [6, 6.07) is 5.58. The Bertz CT molecular complexity index is 2210. The molecule has 360 valence electrons. The van der Waals surface area contributed by atoms with Crippen LogP contribution in [0.1, 0.15) is 124 Å². The highest BCUT2D eigenvalue weighted by Gasteiger charge is 2.60. The number of ether oxygens (including phenoxy) is 3. The van der Waals surface area contributed by atoms with Crippen LogP contribution in [-0.4, -0.2) is 112 Å². The predicted octanol–water partition coefficient (Wildman–Crippen LogP) is 6.67. The molecule has 2 saturated heterocycles. The Morgan fingerprint density at radius 1 is 1.02 bits per heavy atom. The number of likely N-dealkylation sites (tertiary alicyclic amines) is 1. The number of esters is 1. The maximum Gasteiger partial charge on any atom is 0.306 e. The Hall–Kier alpha value is -3.96. The van der Waals surface area contributed by atoms with Gasteiger partial charge in [-0.25, -0.2) is 4.98 Å². The van der Waals surface area contributed by atoms with Gasteiger partial charge in [0.05, 0.1) is 41.4 Å². The van der Waals surface area contributed by atoms with Crippen molar-refractivity contribution in [2.24, 2.45) is 28.1 Å². The van der Waals surface area contributed by atoms with Crippen molar-refractivity contribution >= 4 is 57.7 Å². The number of thiazole rings is 1. The fourth-order valence-electron chi connectivity index (χ4n) is 11.3. The van der Waals surface area contributed by atoms with Crippen molar-refractivity contribution in [3.8, 4) is 10.4 Å². The number of nitrogens with one attached hydrogen (secondary N) is 2. The summed E-state index contributed by atoms with van der Waals surface area (Å²) in [6.45, 7) is 15.4. The van der Waals surface area contributed by atoms with Gasteiger partial charge in [-0.15, -0.1) is 11.3 Å². The summed E-state index contributed by atoms with van der Waals surface area (Å²) in [7, 11) is 0. The maximum absolute atomic E-state index is 14.1. The van der Waals surface area contributed by atoms with Gasteiger partial charge in [-0.2, -0.15) is 0 Å². The Morgan fingerprint density at radius 3 is 2.38 bits per heavy atom. The summed E-state index contributed by atoms with van der Waals surface area (Å²) in [5.41, 5.74) is 4.21. The third kappa shape index (κ3) is 10.7. The van der Waals surface area contributed by atoms with Crippen molar-refractivity contribution in [3.63, 3.8) is 0 Å². The van der Waals surface area contributed by atoms with Crippen molar-refractivity contribution < 1.29 is 48.1 Å². The molecular formula is C50H68N4O10S2. The lowest BCUT2D eigenvalue weighted by molar-refractivity contribution is -0.165. The molecule has 10 atom stereocenters. The zero-order chi connectivity index (χ0) is 47.8. The Morgan fingerprint density at radius 2 is 1.73 bits per heavy atom. The Labute approximate surface area is 397 Å². The van der Waals surface area contributed by atoms with Crippen molar-refractivity contribution in [2.75, 3.05) is 33.0 Å². The highest BCUT2D eigenvalue weighted by Crippen LogP contribution is 2.64. The number of aromatic nitrogens is 1. The fraction of sp³-hybridized carbons (Fsp3) is 0.660. The van der Waals surface area contributed by atoms with E-state index >= 15 is 0 Å². The lowest BCUT2D eigenvalue weighted by atomic mass is 9.48. The number of aryl methyl sites for hydroxylation is 1. The molecule has 4 unspecified atom stereocenters. The normalized spacial score (nSPS) is 30.7. The maximum atomic E-state index is 14.1. The van der Waals surface area contributed by atoms with Gasteiger partial charge < -0.3 is 34.9 Å². The van der Waals surface area contributed by atoms with Crippen LogP contribution in [-0.2, 0) is 43.0 Å². The summed E-state index contributed by atoms with van der Waals surface area (Å²) >= 11 is 2.86. The van der Waals surface area contributed by atoms with E-state index in [4.69, 9.17) is 14.2 Å². The molecule has 3 aliphatic carbocycles. The minimum absolute atomic E-state index is 0.0307. The van der Waals surface area contributed by atoms with E-state index in [2.05, 4.69) is 36.4 Å². The zero-order valence-electron chi connectivity index (χ0n) is 39.7. The lowest BCUT2D eigenvalue weighted by Crippen LogP contribution is -2.58. The number of amides is 3. The zero-order valence-corrected chi connectivity index (χ0v) is 41.4. The van der Waals surface area contributed by atoms with Crippen molar-refractivity contribution in [2.45, 2.75) is 148 Å². The number of aliphatic hydroxyl groups excluding tert-OH is 1. The molecule has 3 heterocycles. The lowest BCUT2D eigenvalue weighted by Gasteiger charge is -2.59. The van der Waals surface area contributed by atoms with E-state index in [1.54, 1.807) is 11.3 Å². The van der Waals surface area contributed by atoms with Gasteiger partial charge in [0.2, 0.25) is 22.8 Å². The van der Waals surface area contributed by atoms with Crippen LogP contribution in [0.5, 0.6) is 0 Å². The monoisotopic (exact) mass is 948 g/mol. The Balaban J connectivity index is 0.881. The molecule has 5 aliphatic rings. The second-order valence-corrected chi connectivity index (χ2v) is 23.2. The van der Waals surface area contributed by atoms with E-state index in [9.17, 15) is 33.9 Å². The fourth-order valence-corrected chi connectivity index (χ4v) is 13.3. The van der Waals surface area contributed by atoms with Crippen LogP contribution in [0.4, 0.5) is 0 Å². The van der Waals surface area contributed by atoms with Gasteiger partial charge >= 0.3 is 5.97 Å². The molecule has 1 aromatic heterocycles. The number of carbonyl (C=O) groups excluding carboxylic acids is 6. The number of aliphatic hydroxyl groups is 1. The van der Waals surface area contributed by atoms with Crippen LogP contribution in [0.2, 0.25) is 0 Å². The standard InChI is InChI=1S/C50H68N4O10S2/c1-29(31-9-11-32(12-10-31)43-30(2)51-28-65-43)52-45(60)38-23-35(56)25-54(38)46(61)44(47(3,4)5)53-40(57)26-62-19-20-63-27-42(59)66-39-22-33-21-34(55)13-17-49(33,7)37-14-16-48(6,24-36(37)39)50(8)18-15-41(58)64-50/h9-12,21,28-29,35-39,44,56H,13-20,22-27H2,1-8H3,(H,52,60)(H,53,57)/t29-,35+,36?,37?,38-,39+,44+,48?,49?,50+/m0/s1. The molecule has 0 spiro atoms. The number of hydrogen-bond acceptors (Lipinski definition) is 13. The smallest absolute Gasteiger partial charge is 0.306 e. The number of thioether (sulfide) groups is 1. The minimum Gasteiger partial charge on any atom is -0.459 e. The quantitative estimate of drug-likeness (QED) is 0.127. The molecule has 2 saturated carbocycles. The third-order valence-corrected chi connectivity index (χ3v) is 17.7. The number of allylic oxidation sites excluding steroid dienone is 2. The second-order valence-electron chi connectivity index (χ2n) is 21.1. The molecular weight excluding hydrogens is 881 g/mol. The summed E-state index contributed by atoms with van der Waals surface area (Å²) in [4.78, 5) is 86.2. The number of cyclic esters (lactones) is 1. The second kappa shape index (κ2) is 19.9. The molecule has 14 nitrogen and oxygen atoms in total. The van der Waals surface area contributed by atoms with E-state index in [1.807, 2.05) is 70.5 Å². The average molecular weight is 949 g/mol. The topological polar surface area (TPSA) is 191 Å². The first-order valence-electron chi connectivity index (χ1n) is 23.5. The van der Waals surface area contributed by atoms with E-state index in [0.717, 1.165) is 53.0 Å². The number of fused-ring (bicyclic) bond motifs is 3. The SMILES string of the molecule is Cc1ncsc1-c1ccc([C@H](C)NC(=O)[C@@H]2C[C@@H](O)CN2C(=O)[C@@H](NC(=O)COCCOCC(=O)S[C@@H]2CC3=CC(=O)CCC3(C)C3CCC(C)([C@@]4(C)CCC(=O)O4)CC32)C(C)(C)C)cc1. The molecule has 2 aliphatic heterocycles. The molecule has 16 heteroatoms. The van der Waals surface area contributed by atoms with E-state index in [0.29, 0.717) is 31.6 Å². The van der Waals surface area contributed by atoms with Gasteiger partial charge in [-0.05, 0) is 99.2 Å². The molecule has 2 aromatic rings. The van der Waals surface area contributed by atoms with Crippen LogP contribution in [0.25, 0.3) is 10.4 Å². The van der Waals surface area contributed by atoms with Crippen LogP contribution in [0.15, 0.2) is 41.4 Å². The number of benzene rings is 1. The average Bonchev–Trinajstić information content (AvgIpc) is 3.98. The van der Waals surface area contributed by atoms with Crippen molar-refractivity contribution in [1.29, 1.82) is 0 Å². The van der Waals surface area contributed by atoms with Gasteiger partial charge in [-0.1, -0.05) is 76.2 Å². The number of carbonyl (C=O) groups is 6. The van der Waals surface area contributed by atoms with Crippen LogP contribution in [0, 0.1) is 35.0 Å². The van der Waals surface area contributed by atoms with Crippen LogP contribution < -0.4 is 10.6 Å². The molecule has 66 heavy (non-hydrogen) atoms. The molecule has 0 bridgehead atoms. The largest absolute Gasteiger partial charge is 0.459 e. The first-order chi connectivity index (χ1) is 31.1. The van der Waals surface area contributed by atoms with Gasteiger partial charge in [0.15, 0.2) is 5.78 Å². The number of β-amino-alcohol motifs (C(OH)–C–C–N with tert-alkyl or cyclic N) is 1. The molecule has 1 aromatic carbocycles. The predicted molar refractivity (Wildman–Crippen MR) is 252 cm³/mol. The highest BCUT2D eigenvalue weighted by atomic mass is 32.2. The number of hydrogen-bond donors (Lipinski definition) is 3. The summed E-state index contributed by atoms with van der Waals surface area (Å²) in [5.74, 6) is -0.894. The van der Waals surface area contributed by atoms with Gasteiger partial charge in [0.1, 0.15) is 30.9 Å². The van der Waals surface area contributed by atoms with Gasteiger partial charge in [-0.3, -0.25) is 28.8 Å². The molecule has 4 fully saturated rings. The highest BCUT2D eigenvalue weighted by molar-refractivity contribution is 8.14. The first kappa shape index (κ1) is 49.9. The number of rotatable bonds is 15. The molecule has 7 rings (SSSR count). The summed E-state index contributed by atoms with van der Waals surface area (Å²) < 4.78 is 17.3. The molecule has 3 N–H and O–H groups in total. The minimum atomic E-state index is -1.02. The Kier molecular flexibility index (Phi) is 15.1. The number of ketones is 1. The third-order valence-electron chi connectivity index (χ3n) is 15.5. The van der Waals surface area contributed by atoms with E-state index in [1.165, 1.54) is 16.7 Å². The van der Waals surface area contributed by atoms with Gasteiger partial charge in [0, 0.05) is 36.5 Å². The van der Waals surface area contributed by atoms with Gasteiger partial charge in [0.25, 0.3) is 0 Å².